The monoisotopic (exact) mass is 400 g/mol. The molecular weight excluding hydrogens is 376 g/mol. The van der Waals surface area contributed by atoms with Crippen LogP contribution < -0.4 is 19.6 Å². The lowest BCUT2D eigenvalue weighted by atomic mass is 10.1. The Bertz CT molecular complexity index is 850. The van der Waals surface area contributed by atoms with Crippen LogP contribution >= 0.6 is 0 Å². The molecule has 2 N–H and O–H groups in total. The first-order valence-electron chi connectivity index (χ1n) is 9.23. The predicted molar refractivity (Wildman–Crippen MR) is 108 cm³/mol. The van der Waals surface area contributed by atoms with Crippen LogP contribution in [0.5, 0.6) is 17.2 Å². The SMILES string of the molecule is CCOc1cc(C(=O)N/N=C/c2ccc(C(=O)O)cc2)cc(OCC)c1OCC. The van der Waals surface area contributed by atoms with Gasteiger partial charge in [-0.2, -0.15) is 5.10 Å². The maximum atomic E-state index is 12.5. The zero-order chi connectivity index (χ0) is 21.2. The summed E-state index contributed by atoms with van der Waals surface area (Å²) in [7, 11) is 0. The molecular formula is C21H24N2O6. The number of ether oxygens (including phenoxy) is 3. The Labute approximate surface area is 169 Å². The molecule has 0 fully saturated rings. The number of hydrazone groups is 1. The van der Waals surface area contributed by atoms with Crippen LogP contribution in [0.25, 0.3) is 0 Å². The second-order valence-corrected chi connectivity index (χ2v) is 5.73. The molecule has 0 atom stereocenters. The molecule has 0 heterocycles. The molecule has 0 saturated carbocycles. The number of benzene rings is 2. The highest BCUT2D eigenvalue weighted by atomic mass is 16.5. The predicted octanol–water partition coefficient (Wildman–Crippen LogP) is 3.34. The number of carboxylic acids is 1. The van der Waals surface area contributed by atoms with E-state index in [9.17, 15) is 9.59 Å². The molecule has 0 aromatic heterocycles. The minimum Gasteiger partial charge on any atom is -0.490 e. The quantitative estimate of drug-likeness (QED) is 0.468. The fourth-order valence-corrected chi connectivity index (χ4v) is 2.46. The Kier molecular flexibility index (Phi) is 8.02. The van der Waals surface area contributed by atoms with Crippen molar-refractivity contribution in [1.29, 1.82) is 0 Å². The average molecular weight is 400 g/mol. The van der Waals surface area contributed by atoms with E-state index < -0.39 is 11.9 Å². The zero-order valence-corrected chi connectivity index (χ0v) is 16.6. The van der Waals surface area contributed by atoms with Gasteiger partial charge < -0.3 is 19.3 Å². The average Bonchev–Trinajstić information content (AvgIpc) is 2.70. The molecule has 0 aliphatic carbocycles. The van der Waals surface area contributed by atoms with Crippen LogP contribution in [0.1, 0.15) is 47.1 Å². The van der Waals surface area contributed by atoms with Crippen LogP contribution in [0.3, 0.4) is 0 Å². The molecule has 0 aliphatic heterocycles. The van der Waals surface area contributed by atoms with Crippen molar-refractivity contribution in [3.05, 3.63) is 53.1 Å². The smallest absolute Gasteiger partial charge is 0.335 e. The number of aromatic carboxylic acids is 1. The third kappa shape index (κ3) is 5.97. The summed E-state index contributed by atoms with van der Waals surface area (Å²) in [6.07, 6.45) is 1.42. The second kappa shape index (κ2) is 10.7. The first kappa shape index (κ1) is 21.7. The third-order valence-corrected chi connectivity index (χ3v) is 3.71. The van der Waals surface area contributed by atoms with E-state index in [1.165, 1.54) is 18.3 Å². The fourth-order valence-electron chi connectivity index (χ4n) is 2.46. The fraction of sp³-hybridized carbons (Fsp3) is 0.286. The Balaban J connectivity index is 2.19. The van der Waals surface area contributed by atoms with Crippen LogP contribution in [0.4, 0.5) is 0 Å². The highest BCUT2D eigenvalue weighted by molar-refractivity contribution is 5.96. The first-order valence-corrected chi connectivity index (χ1v) is 9.23. The van der Waals surface area contributed by atoms with Gasteiger partial charge in [-0.25, -0.2) is 10.2 Å². The van der Waals surface area contributed by atoms with E-state index in [4.69, 9.17) is 19.3 Å². The van der Waals surface area contributed by atoms with E-state index in [0.29, 0.717) is 48.2 Å². The summed E-state index contributed by atoms with van der Waals surface area (Å²) in [4.78, 5) is 23.4. The summed E-state index contributed by atoms with van der Waals surface area (Å²) in [5.41, 5.74) is 3.56. The molecule has 0 aliphatic rings. The van der Waals surface area contributed by atoms with Gasteiger partial charge in [0.05, 0.1) is 31.6 Å². The van der Waals surface area contributed by atoms with Gasteiger partial charge in [0.1, 0.15) is 0 Å². The summed E-state index contributed by atoms with van der Waals surface area (Å²) in [5.74, 6) is -0.173. The minimum atomic E-state index is -1.01. The van der Waals surface area contributed by atoms with Crippen molar-refractivity contribution in [2.24, 2.45) is 5.10 Å². The number of hydrogen-bond donors (Lipinski definition) is 2. The standard InChI is InChI=1S/C21H24N2O6/c1-4-27-17-11-16(12-18(28-5-2)19(17)29-6-3)20(24)23-22-13-14-7-9-15(10-8-14)21(25)26/h7-13H,4-6H2,1-3H3,(H,23,24)(H,25,26)/b22-13+. The number of nitrogens with zero attached hydrogens (tertiary/aromatic N) is 1. The second-order valence-electron chi connectivity index (χ2n) is 5.73. The molecule has 29 heavy (non-hydrogen) atoms. The van der Waals surface area contributed by atoms with E-state index in [1.54, 1.807) is 24.3 Å². The number of hydrogen-bond acceptors (Lipinski definition) is 6. The Morgan fingerprint density at radius 1 is 0.931 bits per heavy atom. The molecule has 1 amide bonds. The molecule has 8 nitrogen and oxygen atoms in total. The van der Waals surface area contributed by atoms with Crippen LogP contribution in [0, 0.1) is 0 Å². The Hall–Kier alpha value is -3.55. The maximum Gasteiger partial charge on any atom is 0.335 e. The number of carbonyl (C=O) groups is 2. The van der Waals surface area contributed by atoms with Gasteiger partial charge in [-0.15, -0.1) is 0 Å². The van der Waals surface area contributed by atoms with Crippen molar-refractivity contribution in [3.8, 4) is 17.2 Å². The van der Waals surface area contributed by atoms with Crippen LogP contribution in [0.2, 0.25) is 0 Å². The van der Waals surface area contributed by atoms with Gasteiger partial charge in [0, 0.05) is 5.56 Å². The highest BCUT2D eigenvalue weighted by Crippen LogP contribution is 2.39. The number of carboxylic acid groups (broad SMARTS) is 1. The van der Waals surface area contributed by atoms with Gasteiger partial charge in [-0.05, 0) is 50.6 Å². The maximum absolute atomic E-state index is 12.5. The van der Waals surface area contributed by atoms with Crippen molar-refractivity contribution in [1.82, 2.24) is 5.43 Å². The van der Waals surface area contributed by atoms with Crippen molar-refractivity contribution in [2.75, 3.05) is 19.8 Å². The lowest BCUT2D eigenvalue weighted by Gasteiger charge is -2.16. The summed E-state index contributed by atoms with van der Waals surface area (Å²) >= 11 is 0. The van der Waals surface area contributed by atoms with Crippen LogP contribution in [-0.4, -0.2) is 43.0 Å². The Morgan fingerprint density at radius 3 is 1.97 bits per heavy atom. The molecule has 2 aromatic carbocycles. The lowest BCUT2D eigenvalue weighted by molar-refractivity contribution is 0.0696. The molecule has 0 saturated heterocycles. The van der Waals surface area contributed by atoms with Crippen LogP contribution in [-0.2, 0) is 0 Å². The molecule has 2 rings (SSSR count). The summed E-state index contributed by atoms with van der Waals surface area (Å²) < 4.78 is 16.8. The van der Waals surface area contributed by atoms with E-state index >= 15 is 0 Å². The largest absolute Gasteiger partial charge is 0.490 e. The van der Waals surface area contributed by atoms with Crippen molar-refractivity contribution in [3.63, 3.8) is 0 Å². The minimum absolute atomic E-state index is 0.174. The van der Waals surface area contributed by atoms with Gasteiger partial charge in [0.2, 0.25) is 5.75 Å². The normalized spacial score (nSPS) is 10.6. The van der Waals surface area contributed by atoms with Crippen molar-refractivity contribution >= 4 is 18.1 Å². The van der Waals surface area contributed by atoms with Crippen LogP contribution in [0.15, 0.2) is 41.5 Å². The molecule has 0 radical (unpaired) electrons. The number of nitrogens with one attached hydrogen (secondary N) is 1. The number of amides is 1. The summed E-state index contributed by atoms with van der Waals surface area (Å²) in [6, 6.07) is 9.25. The topological polar surface area (TPSA) is 106 Å². The molecule has 2 aromatic rings. The van der Waals surface area contributed by atoms with Gasteiger partial charge in [-0.1, -0.05) is 12.1 Å². The Morgan fingerprint density at radius 2 is 1.48 bits per heavy atom. The van der Waals surface area contributed by atoms with E-state index in [0.717, 1.165) is 0 Å². The molecule has 8 heteroatoms. The van der Waals surface area contributed by atoms with E-state index in [1.807, 2.05) is 20.8 Å². The highest BCUT2D eigenvalue weighted by Gasteiger charge is 2.18. The first-order chi connectivity index (χ1) is 14.0. The van der Waals surface area contributed by atoms with E-state index in [-0.39, 0.29) is 5.56 Å². The van der Waals surface area contributed by atoms with E-state index in [2.05, 4.69) is 10.5 Å². The van der Waals surface area contributed by atoms with Gasteiger partial charge in [0.15, 0.2) is 11.5 Å². The summed E-state index contributed by atoms with van der Waals surface area (Å²) in [6.45, 7) is 6.76. The number of carbonyl (C=O) groups excluding carboxylic acids is 1. The van der Waals surface area contributed by atoms with Crippen molar-refractivity contribution < 1.29 is 28.9 Å². The molecule has 0 spiro atoms. The van der Waals surface area contributed by atoms with Crippen molar-refractivity contribution in [2.45, 2.75) is 20.8 Å². The third-order valence-electron chi connectivity index (χ3n) is 3.71. The van der Waals surface area contributed by atoms with Gasteiger partial charge >= 0.3 is 5.97 Å². The molecule has 0 bridgehead atoms. The van der Waals surface area contributed by atoms with Gasteiger partial charge in [0.25, 0.3) is 5.91 Å². The molecule has 0 unspecified atom stereocenters. The zero-order valence-electron chi connectivity index (χ0n) is 16.6. The molecule has 154 valence electrons. The number of rotatable bonds is 10. The van der Waals surface area contributed by atoms with Gasteiger partial charge in [-0.3, -0.25) is 4.79 Å². The lowest BCUT2D eigenvalue weighted by Crippen LogP contribution is -2.18. The summed E-state index contributed by atoms with van der Waals surface area (Å²) in [5, 5.41) is 12.8.